The van der Waals surface area contributed by atoms with E-state index < -0.39 is 11.8 Å². The highest BCUT2D eigenvalue weighted by Gasteiger charge is 2.37. The molecular formula is C20H29N3O3. The van der Waals surface area contributed by atoms with E-state index in [0.29, 0.717) is 18.9 Å². The minimum absolute atomic E-state index is 0.0518. The summed E-state index contributed by atoms with van der Waals surface area (Å²) >= 11 is 0. The van der Waals surface area contributed by atoms with Gasteiger partial charge in [-0.3, -0.25) is 14.4 Å². The highest BCUT2D eigenvalue weighted by Crippen LogP contribution is 2.32. The lowest BCUT2D eigenvalue weighted by atomic mass is 9.80. The van der Waals surface area contributed by atoms with Gasteiger partial charge in [0.25, 0.3) is 0 Å². The van der Waals surface area contributed by atoms with Crippen LogP contribution in [-0.2, 0) is 14.4 Å². The molecule has 6 nitrogen and oxygen atoms in total. The van der Waals surface area contributed by atoms with E-state index in [1.54, 1.807) is 4.90 Å². The third kappa shape index (κ3) is 4.00. The van der Waals surface area contributed by atoms with Crippen LogP contribution in [0.1, 0.15) is 46.5 Å². The van der Waals surface area contributed by atoms with Crippen molar-refractivity contribution in [1.29, 1.82) is 0 Å². The predicted molar refractivity (Wildman–Crippen MR) is 99.1 cm³/mol. The minimum Gasteiger partial charge on any atom is -0.349 e. The maximum absolute atomic E-state index is 12.8. The molecule has 3 aliphatic rings. The molecule has 3 amide bonds. The molecule has 1 aliphatic carbocycles. The van der Waals surface area contributed by atoms with Crippen LogP contribution in [0.4, 0.5) is 0 Å². The van der Waals surface area contributed by atoms with Crippen LogP contribution < -0.4 is 10.6 Å². The van der Waals surface area contributed by atoms with Gasteiger partial charge in [-0.25, -0.2) is 0 Å². The van der Waals surface area contributed by atoms with Crippen molar-refractivity contribution in [2.24, 2.45) is 11.8 Å². The Kier molecular flexibility index (Phi) is 5.49. The number of fused-ring (bicyclic) bond motifs is 1. The number of likely N-dealkylation sites (tertiary alicyclic amines) is 1. The highest BCUT2D eigenvalue weighted by atomic mass is 16.2. The van der Waals surface area contributed by atoms with Crippen LogP contribution in [0.5, 0.6) is 0 Å². The molecule has 0 aromatic heterocycles. The summed E-state index contributed by atoms with van der Waals surface area (Å²) in [5, 5.41) is 5.72. The third-order valence-corrected chi connectivity index (χ3v) is 5.47. The van der Waals surface area contributed by atoms with Crippen molar-refractivity contribution >= 4 is 17.7 Å². The second-order valence-electron chi connectivity index (χ2n) is 8.11. The first-order chi connectivity index (χ1) is 12.3. The van der Waals surface area contributed by atoms with Gasteiger partial charge in [0.1, 0.15) is 0 Å². The molecule has 142 valence electrons. The fourth-order valence-corrected chi connectivity index (χ4v) is 4.14. The van der Waals surface area contributed by atoms with E-state index in [-0.39, 0.29) is 30.0 Å². The molecule has 3 rings (SSSR count). The average molecular weight is 359 g/mol. The Balaban J connectivity index is 1.78. The molecule has 0 aromatic rings. The molecule has 2 heterocycles. The lowest BCUT2D eigenvalue weighted by molar-refractivity contribution is -0.148. The Morgan fingerprint density at radius 2 is 2.04 bits per heavy atom. The number of rotatable bonds is 2. The predicted octanol–water partition coefficient (Wildman–Crippen LogP) is 1.53. The van der Waals surface area contributed by atoms with Gasteiger partial charge in [-0.1, -0.05) is 25.2 Å². The molecule has 2 fully saturated rings. The Hall–Kier alpha value is -2.11. The van der Waals surface area contributed by atoms with Gasteiger partial charge in [0.2, 0.25) is 5.91 Å². The fourth-order valence-electron chi connectivity index (χ4n) is 4.14. The summed E-state index contributed by atoms with van der Waals surface area (Å²) in [6, 6.07) is -0.0742. The number of carbonyl (C=O) groups is 3. The smallest absolute Gasteiger partial charge is 0.312 e. The van der Waals surface area contributed by atoms with Gasteiger partial charge in [0, 0.05) is 24.9 Å². The summed E-state index contributed by atoms with van der Waals surface area (Å²) in [6.45, 7) is 6.43. The van der Waals surface area contributed by atoms with Crippen molar-refractivity contribution < 1.29 is 14.4 Å². The van der Waals surface area contributed by atoms with Gasteiger partial charge in [-0.2, -0.15) is 0 Å². The molecule has 0 aromatic carbocycles. The summed E-state index contributed by atoms with van der Waals surface area (Å²) < 4.78 is 0. The number of nitrogens with zero attached hydrogens (tertiary/aromatic N) is 1. The maximum Gasteiger partial charge on any atom is 0.312 e. The molecule has 0 spiro atoms. The zero-order chi connectivity index (χ0) is 18.8. The van der Waals surface area contributed by atoms with Crippen LogP contribution in [0.25, 0.3) is 0 Å². The maximum atomic E-state index is 12.8. The second kappa shape index (κ2) is 7.64. The number of hydrogen-bond acceptors (Lipinski definition) is 3. The van der Waals surface area contributed by atoms with Crippen LogP contribution >= 0.6 is 0 Å². The first-order valence-electron chi connectivity index (χ1n) is 9.66. The van der Waals surface area contributed by atoms with E-state index >= 15 is 0 Å². The molecular weight excluding hydrogens is 330 g/mol. The van der Waals surface area contributed by atoms with E-state index in [9.17, 15) is 14.4 Å². The van der Waals surface area contributed by atoms with Gasteiger partial charge in [0.15, 0.2) is 0 Å². The van der Waals surface area contributed by atoms with Gasteiger partial charge in [0.05, 0.1) is 12.1 Å². The number of carbonyl (C=O) groups excluding carboxylic acids is 3. The number of nitrogens with one attached hydrogen (secondary N) is 2. The van der Waals surface area contributed by atoms with Crippen molar-refractivity contribution in [3.05, 3.63) is 23.8 Å². The van der Waals surface area contributed by atoms with Crippen LogP contribution in [0, 0.1) is 11.8 Å². The van der Waals surface area contributed by atoms with E-state index in [1.807, 2.05) is 26.0 Å². The molecule has 2 unspecified atom stereocenters. The molecule has 0 bridgehead atoms. The summed E-state index contributed by atoms with van der Waals surface area (Å²) in [4.78, 5) is 38.3. The van der Waals surface area contributed by atoms with Crippen molar-refractivity contribution in [2.45, 2.75) is 64.6 Å². The van der Waals surface area contributed by atoms with Crippen LogP contribution in [0.3, 0.4) is 0 Å². The molecule has 2 N–H and O–H groups in total. The van der Waals surface area contributed by atoms with E-state index in [2.05, 4.69) is 23.6 Å². The van der Waals surface area contributed by atoms with Crippen LogP contribution in [0.15, 0.2) is 23.8 Å². The molecule has 6 heteroatoms. The van der Waals surface area contributed by atoms with Crippen molar-refractivity contribution in [3.8, 4) is 0 Å². The number of amides is 3. The molecule has 2 aliphatic heterocycles. The van der Waals surface area contributed by atoms with E-state index in [4.69, 9.17) is 0 Å². The Morgan fingerprint density at radius 1 is 1.27 bits per heavy atom. The highest BCUT2D eigenvalue weighted by molar-refractivity contribution is 6.35. The lowest BCUT2D eigenvalue weighted by Crippen LogP contribution is -2.53. The fraction of sp³-hybridized carbons (Fsp3) is 0.650. The molecule has 26 heavy (non-hydrogen) atoms. The number of piperidine rings is 2. The SMILES string of the molecule is CC(C)NC(=O)C(=O)N1C[C@@H](C)CC[C@@H]1C1=CC2CCC(=O)NC2C=C1. The molecule has 2 saturated heterocycles. The summed E-state index contributed by atoms with van der Waals surface area (Å²) in [7, 11) is 0. The first kappa shape index (κ1) is 18.7. The van der Waals surface area contributed by atoms with Crippen molar-refractivity contribution in [2.75, 3.05) is 6.54 Å². The lowest BCUT2D eigenvalue weighted by Gasteiger charge is -2.41. The van der Waals surface area contributed by atoms with Crippen LogP contribution in [0.2, 0.25) is 0 Å². The average Bonchev–Trinajstić information content (AvgIpc) is 2.60. The minimum atomic E-state index is -0.526. The molecule has 0 saturated carbocycles. The quantitative estimate of drug-likeness (QED) is 0.734. The summed E-state index contributed by atoms with van der Waals surface area (Å²) in [6.07, 6.45) is 9.53. The first-order valence-corrected chi connectivity index (χ1v) is 9.66. The topological polar surface area (TPSA) is 78.5 Å². The van der Waals surface area contributed by atoms with Crippen LogP contribution in [-0.4, -0.2) is 47.3 Å². The van der Waals surface area contributed by atoms with Gasteiger partial charge >= 0.3 is 11.8 Å². The normalized spacial score (nSPS) is 31.2. The Labute approximate surface area is 155 Å². The van der Waals surface area contributed by atoms with Crippen molar-refractivity contribution in [1.82, 2.24) is 15.5 Å². The molecule has 0 radical (unpaired) electrons. The second-order valence-corrected chi connectivity index (χ2v) is 8.11. The summed E-state index contributed by atoms with van der Waals surface area (Å²) in [5.74, 6) is -0.210. The van der Waals surface area contributed by atoms with E-state index in [1.165, 1.54) is 0 Å². The Morgan fingerprint density at radius 3 is 2.77 bits per heavy atom. The third-order valence-electron chi connectivity index (χ3n) is 5.47. The van der Waals surface area contributed by atoms with Crippen molar-refractivity contribution in [3.63, 3.8) is 0 Å². The molecule has 4 atom stereocenters. The van der Waals surface area contributed by atoms with E-state index in [0.717, 1.165) is 24.8 Å². The zero-order valence-electron chi connectivity index (χ0n) is 15.8. The van der Waals surface area contributed by atoms with Gasteiger partial charge < -0.3 is 15.5 Å². The van der Waals surface area contributed by atoms with Gasteiger partial charge in [-0.15, -0.1) is 0 Å². The van der Waals surface area contributed by atoms with Gasteiger partial charge in [-0.05, 0) is 44.6 Å². The largest absolute Gasteiger partial charge is 0.349 e. The number of hydrogen-bond donors (Lipinski definition) is 2. The monoisotopic (exact) mass is 359 g/mol. The standard InChI is InChI=1S/C20H29N3O3/c1-12(2)21-19(25)20(26)23-11-13(3)4-8-17(23)15-5-7-16-14(10-15)6-9-18(24)22-16/h5,7,10,12-14,16-17H,4,6,8-9,11H2,1-3H3,(H,21,25)(H,22,24)/t13-,14?,16?,17+/m0/s1. The zero-order valence-corrected chi connectivity index (χ0v) is 15.8. The summed E-state index contributed by atoms with van der Waals surface area (Å²) in [5.41, 5.74) is 1.10. The Bertz CT molecular complexity index is 653.